The number of halogens is 1. The second kappa shape index (κ2) is 7.68. The van der Waals surface area contributed by atoms with Crippen molar-refractivity contribution in [3.8, 4) is 0 Å². The van der Waals surface area contributed by atoms with Crippen LogP contribution in [0, 0.1) is 41.4 Å². The predicted molar refractivity (Wildman–Crippen MR) is 127 cm³/mol. The third-order valence-corrected chi connectivity index (χ3v) is 10.2. The molecular formula is C29H35FO4. The Bertz CT molecular complexity index is 1110. The van der Waals surface area contributed by atoms with Gasteiger partial charge in [-0.15, -0.1) is 0 Å². The number of aliphatic hydroxyl groups is 1. The predicted octanol–water partition coefficient (Wildman–Crippen LogP) is 5.20. The smallest absolute Gasteiger partial charge is 0.166 e. The number of hydrogen-bond donors (Lipinski definition) is 1. The molecule has 0 saturated heterocycles. The lowest BCUT2D eigenvalue weighted by Gasteiger charge is -2.62. The maximum Gasteiger partial charge on any atom is 0.166 e. The summed E-state index contributed by atoms with van der Waals surface area (Å²) in [4.78, 5) is 38.8. The number of benzene rings is 1. The van der Waals surface area contributed by atoms with E-state index in [0.29, 0.717) is 31.2 Å². The van der Waals surface area contributed by atoms with Crippen molar-refractivity contribution < 1.29 is 23.9 Å². The van der Waals surface area contributed by atoms with Gasteiger partial charge in [0.25, 0.3) is 0 Å². The van der Waals surface area contributed by atoms with Crippen molar-refractivity contribution in [3.05, 3.63) is 47.0 Å². The van der Waals surface area contributed by atoms with Crippen LogP contribution >= 0.6 is 0 Å². The number of alkyl halides is 1. The second-order valence-electron chi connectivity index (χ2n) is 11.9. The molecule has 8 atom stereocenters. The molecule has 34 heavy (non-hydrogen) atoms. The Labute approximate surface area is 201 Å². The first-order valence-corrected chi connectivity index (χ1v) is 12.7. The van der Waals surface area contributed by atoms with E-state index < -0.39 is 40.4 Å². The summed E-state index contributed by atoms with van der Waals surface area (Å²) in [6.45, 7) is 7.34. The molecule has 3 fully saturated rings. The van der Waals surface area contributed by atoms with Crippen molar-refractivity contribution in [1.29, 1.82) is 0 Å². The summed E-state index contributed by atoms with van der Waals surface area (Å²) < 4.78 is 17.3. The van der Waals surface area contributed by atoms with Crippen LogP contribution in [0.2, 0.25) is 0 Å². The molecule has 4 aliphatic rings. The quantitative estimate of drug-likeness (QED) is 0.621. The van der Waals surface area contributed by atoms with Crippen molar-refractivity contribution in [2.24, 2.45) is 34.5 Å². The fourth-order valence-electron chi connectivity index (χ4n) is 8.64. The Kier molecular flexibility index (Phi) is 5.33. The van der Waals surface area contributed by atoms with Gasteiger partial charge in [-0.05, 0) is 69.4 Å². The maximum absolute atomic E-state index is 17.3. The molecule has 0 bridgehead atoms. The van der Waals surface area contributed by atoms with Gasteiger partial charge in [-0.25, -0.2) is 4.39 Å². The molecule has 182 valence electrons. The first kappa shape index (κ1) is 23.6. The minimum absolute atomic E-state index is 0.0333. The molecule has 0 aliphatic heterocycles. The zero-order chi connectivity index (χ0) is 24.6. The van der Waals surface area contributed by atoms with Crippen molar-refractivity contribution in [2.45, 2.75) is 78.0 Å². The van der Waals surface area contributed by atoms with Crippen LogP contribution in [0.4, 0.5) is 4.39 Å². The van der Waals surface area contributed by atoms with E-state index in [4.69, 9.17) is 0 Å². The van der Waals surface area contributed by atoms with E-state index in [1.165, 1.54) is 6.92 Å². The van der Waals surface area contributed by atoms with Gasteiger partial charge in [-0.3, -0.25) is 14.4 Å². The lowest BCUT2D eigenvalue weighted by Crippen LogP contribution is -2.67. The normalized spacial score (nSPS) is 43.4. The number of rotatable bonds is 3. The van der Waals surface area contributed by atoms with Crippen molar-refractivity contribution in [3.63, 3.8) is 0 Å². The maximum atomic E-state index is 17.3. The standard InChI is InChI=1S/C29H35FO4/c1-16-6-5-7-18(12-16)26(34)21-14-23-22-9-8-19-13-20(32)10-11-28(19,4)29(22,30)24(33)15-27(23,3)25(21)17(2)31/h5-7,12-13,21-25,33H,8-11,14-15H2,1-4H3/t21-,22+,23+,24+,25+,27+,28+,29+/m1/s1. The highest BCUT2D eigenvalue weighted by atomic mass is 19.1. The molecule has 4 aliphatic carbocycles. The fraction of sp³-hybridized carbons (Fsp3) is 0.621. The molecule has 5 heteroatoms. The summed E-state index contributed by atoms with van der Waals surface area (Å²) in [6, 6.07) is 7.44. The van der Waals surface area contributed by atoms with Gasteiger partial charge in [0.15, 0.2) is 11.6 Å². The first-order valence-electron chi connectivity index (χ1n) is 12.7. The van der Waals surface area contributed by atoms with E-state index in [2.05, 4.69) is 0 Å². The molecule has 3 saturated carbocycles. The van der Waals surface area contributed by atoms with Crippen LogP contribution < -0.4 is 0 Å². The molecule has 0 spiro atoms. The van der Waals surface area contributed by atoms with E-state index >= 15 is 4.39 Å². The van der Waals surface area contributed by atoms with E-state index in [9.17, 15) is 19.5 Å². The Morgan fingerprint density at radius 3 is 2.56 bits per heavy atom. The highest BCUT2D eigenvalue weighted by Gasteiger charge is 2.72. The van der Waals surface area contributed by atoms with Gasteiger partial charge < -0.3 is 5.11 Å². The third-order valence-electron chi connectivity index (χ3n) is 10.2. The van der Waals surface area contributed by atoms with Crippen LogP contribution in [0.5, 0.6) is 0 Å². The highest BCUT2D eigenvalue weighted by Crippen LogP contribution is 2.70. The summed E-state index contributed by atoms with van der Waals surface area (Å²) in [7, 11) is 0. The summed E-state index contributed by atoms with van der Waals surface area (Å²) >= 11 is 0. The van der Waals surface area contributed by atoms with Crippen LogP contribution in [0.3, 0.4) is 0 Å². The van der Waals surface area contributed by atoms with E-state index in [-0.39, 0.29) is 36.1 Å². The molecule has 0 radical (unpaired) electrons. The molecule has 5 rings (SSSR count). The zero-order valence-electron chi connectivity index (χ0n) is 20.6. The number of carbonyl (C=O) groups excluding carboxylic acids is 3. The van der Waals surface area contributed by atoms with Crippen molar-refractivity contribution in [2.75, 3.05) is 0 Å². The van der Waals surface area contributed by atoms with Gasteiger partial charge in [0.05, 0.1) is 6.10 Å². The number of aliphatic hydroxyl groups excluding tert-OH is 1. The summed E-state index contributed by atoms with van der Waals surface area (Å²) in [5.41, 5.74) is -1.01. The van der Waals surface area contributed by atoms with E-state index in [0.717, 1.165) is 11.1 Å². The molecule has 1 N–H and O–H groups in total. The lowest BCUT2D eigenvalue weighted by molar-refractivity contribution is -0.208. The highest BCUT2D eigenvalue weighted by molar-refractivity contribution is 6.01. The number of allylic oxidation sites excluding steroid dienone is 1. The summed E-state index contributed by atoms with van der Waals surface area (Å²) in [5.74, 6) is -1.75. The Morgan fingerprint density at radius 1 is 1.15 bits per heavy atom. The van der Waals surface area contributed by atoms with Gasteiger partial charge in [0, 0.05) is 35.2 Å². The average Bonchev–Trinajstić information content (AvgIpc) is 3.07. The number of Topliss-reactive ketones (excluding diaryl/α,β-unsaturated/α-hetero) is 2. The third kappa shape index (κ3) is 3.01. The number of carbonyl (C=O) groups is 3. The number of fused-ring (bicyclic) bond motifs is 5. The van der Waals surface area contributed by atoms with Gasteiger partial charge >= 0.3 is 0 Å². The molecular weight excluding hydrogens is 431 g/mol. The van der Waals surface area contributed by atoms with Crippen molar-refractivity contribution >= 4 is 17.3 Å². The number of ketones is 3. The lowest BCUT2D eigenvalue weighted by atomic mass is 9.44. The summed E-state index contributed by atoms with van der Waals surface area (Å²) in [6.07, 6.45) is 2.82. The average molecular weight is 467 g/mol. The number of aryl methyl sites for hydroxylation is 1. The van der Waals surface area contributed by atoms with Gasteiger partial charge in [-0.2, -0.15) is 0 Å². The molecule has 0 amide bonds. The molecule has 4 nitrogen and oxygen atoms in total. The van der Waals surface area contributed by atoms with E-state index in [1.807, 2.05) is 39.0 Å². The Morgan fingerprint density at radius 2 is 1.88 bits per heavy atom. The summed E-state index contributed by atoms with van der Waals surface area (Å²) in [5, 5.41) is 11.4. The van der Waals surface area contributed by atoms with Gasteiger partial charge in [-0.1, -0.05) is 43.2 Å². The van der Waals surface area contributed by atoms with Crippen LogP contribution in [0.25, 0.3) is 0 Å². The van der Waals surface area contributed by atoms with Crippen molar-refractivity contribution in [1.82, 2.24) is 0 Å². The molecule has 0 aromatic heterocycles. The first-order chi connectivity index (χ1) is 15.9. The monoisotopic (exact) mass is 466 g/mol. The molecule has 0 unspecified atom stereocenters. The largest absolute Gasteiger partial charge is 0.390 e. The SMILES string of the molecule is CC(=O)[C@H]1[C@H](C(=O)c2cccc(C)c2)C[C@H]2[C@@H]3CCC4=CC(=O)CC[C@]4(C)[C@@]3(F)[C@@H](O)C[C@@]21C. The molecule has 1 aromatic rings. The number of hydrogen-bond acceptors (Lipinski definition) is 4. The topological polar surface area (TPSA) is 71.4 Å². The Balaban J connectivity index is 1.58. The zero-order valence-corrected chi connectivity index (χ0v) is 20.6. The minimum atomic E-state index is -1.87. The molecule has 0 heterocycles. The fourth-order valence-corrected chi connectivity index (χ4v) is 8.64. The van der Waals surface area contributed by atoms with Gasteiger partial charge in [0.2, 0.25) is 0 Å². The van der Waals surface area contributed by atoms with Gasteiger partial charge in [0.1, 0.15) is 11.5 Å². The molecule has 1 aromatic carbocycles. The second-order valence-corrected chi connectivity index (χ2v) is 11.9. The minimum Gasteiger partial charge on any atom is -0.390 e. The van der Waals surface area contributed by atoms with Crippen LogP contribution in [-0.4, -0.2) is 34.2 Å². The van der Waals surface area contributed by atoms with Crippen LogP contribution in [0.1, 0.15) is 75.2 Å². The van der Waals surface area contributed by atoms with Crippen LogP contribution in [0.15, 0.2) is 35.9 Å². The van der Waals surface area contributed by atoms with Crippen LogP contribution in [-0.2, 0) is 9.59 Å². The van der Waals surface area contributed by atoms with E-state index in [1.54, 1.807) is 12.1 Å². The Hall–Kier alpha value is -2.14.